The maximum absolute atomic E-state index is 12.2. The van der Waals surface area contributed by atoms with Crippen molar-refractivity contribution < 1.29 is 8.78 Å². The molecule has 0 aliphatic rings. The quantitative estimate of drug-likeness (QED) is 0.771. The van der Waals surface area contributed by atoms with Gasteiger partial charge >= 0.3 is 0 Å². The lowest BCUT2D eigenvalue weighted by Crippen LogP contribution is -2.21. The highest BCUT2D eigenvalue weighted by molar-refractivity contribution is 6.28. The van der Waals surface area contributed by atoms with Gasteiger partial charge in [0.2, 0.25) is 5.28 Å². The Labute approximate surface area is 86.1 Å². The molecule has 0 N–H and O–H groups in total. The Morgan fingerprint density at radius 2 is 1.93 bits per heavy atom. The predicted octanol–water partition coefficient (Wildman–Crippen LogP) is 2.49. The molecule has 0 fully saturated rings. The predicted molar refractivity (Wildman–Crippen MR) is 49.7 cm³/mol. The van der Waals surface area contributed by atoms with E-state index in [1.807, 2.05) is 20.8 Å². The monoisotopic (exact) mass is 223 g/mol. The second kappa shape index (κ2) is 3.81. The molecule has 0 radical (unpaired) electrons. The van der Waals surface area contributed by atoms with Crippen LogP contribution in [0, 0.1) is 0 Å². The Bertz CT molecular complexity index is 317. The van der Waals surface area contributed by atoms with Crippen molar-refractivity contribution in [1.29, 1.82) is 0 Å². The number of halogens is 3. The highest BCUT2D eigenvalue weighted by atomic mass is 35.5. The van der Waals surface area contributed by atoms with Crippen LogP contribution in [0.4, 0.5) is 8.78 Å². The van der Waals surface area contributed by atoms with Gasteiger partial charge < -0.3 is 0 Å². The van der Waals surface area contributed by atoms with Crippen molar-refractivity contribution in [1.82, 2.24) is 14.8 Å². The van der Waals surface area contributed by atoms with Crippen LogP contribution < -0.4 is 0 Å². The van der Waals surface area contributed by atoms with Crippen LogP contribution in [-0.4, -0.2) is 21.2 Å². The van der Waals surface area contributed by atoms with E-state index in [2.05, 4.69) is 10.2 Å². The summed E-state index contributed by atoms with van der Waals surface area (Å²) in [5.41, 5.74) is -0.338. The van der Waals surface area contributed by atoms with Crippen molar-refractivity contribution in [3.05, 3.63) is 11.1 Å². The fraction of sp³-hybridized carbons (Fsp3) is 0.750. The summed E-state index contributed by atoms with van der Waals surface area (Å²) in [6.07, 6.45) is -2.45. The lowest BCUT2D eigenvalue weighted by atomic mass is 9.96. The maximum Gasteiger partial charge on any atom is 0.256 e. The molecule has 0 bridgehead atoms. The molecule has 0 saturated carbocycles. The molecule has 0 unspecified atom stereocenters. The lowest BCUT2D eigenvalue weighted by molar-refractivity contribution is 0.124. The molecule has 3 nitrogen and oxygen atoms in total. The van der Waals surface area contributed by atoms with Gasteiger partial charge in [-0.3, -0.25) is 4.57 Å². The number of alkyl halides is 2. The average Bonchev–Trinajstić information content (AvgIpc) is 2.30. The maximum atomic E-state index is 12.2. The number of aromatic nitrogens is 3. The van der Waals surface area contributed by atoms with Gasteiger partial charge in [0, 0.05) is 5.41 Å². The minimum absolute atomic E-state index is 0.00947. The second-order valence-corrected chi connectivity index (χ2v) is 4.38. The van der Waals surface area contributed by atoms with Gasteiger partial charge in [-0.05, 0) is 11.6 Å². The second-order valence-electron chi connectivity index (χ2n) is 4.04. The fourth-order valence-corrected chi connectivity index (χ4v) is 1.33. The lowest BCUT2D eigenvalue weighted by Gasteiger charge is -2.18. The molecule has 0 saturated heterocycles. The summed E-state index contributed by atoms with van der Waals surface area (Å²) >= 11 is 5.65. The summed E-state index contributed by atoms with van der Waals surface area (Å²) in [6.45, 7) is 5.15. The first-order valence-electron chi connectivity index (χ1n) is 4.19. The summed E-state index contributed by atoms with van der Waals surface area (Å²) in [7, 11) is 0. The van der Waals surface area contributed by atoms with Gasteiger partial charge in [-0.25, -0.2) is 8.78 Å². The van der Waals surface area contributed by atoms with Crippen molar-refractivity contribution in [2.45, 2.75) is 39.2 Å². The van der Waals surface area contributed by atoms with Gasteiger partial charge in [0.25, 0.3) is 6.43 Å². The van der Waals surface area contributed by atoms with Crippen LogP contribution in [0.3, 0.4) is 0 Å². The summed E-state index contributed by atoms with van der Waals surface area (Å²) in [4.78, 5) is 0. The molecule has 1 heterocycles. The van der Waals surface area contributed by atoms with Crippen LogP contribution in [0.2, 0.25) is 5.28 Å². The smallest absolute Gasteiger partial charge is 0.256 e. The fourth-order valence-electron chi connectivity index (χ4n) is 1.14. The molecule has 6 heteroatoms. The highest BCUT2D eigenvalue weighted by Crippen LogP contribution is 2.23. The van der Waals surface area contributed by atoms with Gasteiger partial charge in [0.05, 0.1) is 6.54 Å². The number of rotatable bonds is 2. The van der Waals surface area contributed by atoms with Crippen molar-refractivity contribution >= 4 is 11.6 Å². The zero-order valence-electron chi connectivity index (χ0n) is 8.26. The normalized spacial score (nSPS) is 12.5. The molecule has 14 heavy (non-hydrogen) atoms. The Kier molecular flexibility index (Phi) is 3.09. The molecule has 1 rings (SSSR count). The van der Waals surface area contributed by atoms with Crippen LogP contribution in [0.25, 0.3) is 0 Å². The topological polar surface area (TPSA) is 30.7 Å². The Hall–Kier alpha value is -0.710. The third kappa shape index (κ3) is 2.41. The molecule has 80 valence electrons. The van der Waals surface area contributed by atoms with Crippen LogP contribution in [0.1, 0.15) is 26.6 Å². The minimum atomic E-state index is -2.45. The Balaban J connectivity index is 3.06. The van der Waals surface area contributed by atoms with E-state index in [1.165, 1.54) is 4.57 Å². The van der Waals surface area contributed by atoms with Crippen molar-refractivity contribution in [2.75, 3.05) is 0 Å². The van der Waals surface area contributed by atoms with Gasteiger partial charge in [-0.1, -0.05) is 20.8 Å². The molecule has 0 spiro atoms. The summed E-state index contributed by atoms with van der Waals surface area (Å²) in [6, 6.07) is 0. The van der Waals surface area contributed by atoms with E-state index in [0.29, 0.717) is 5.82 Å². The standard InChI is InChI=1S/C8H12ClF2N3/c1-8(2,3)6-12-13-7(9)14(6)4-5(10)11/h5H,4H2,1-3H3. The molecule has 1 aromatic heterocycles. The Morgan fingerprint density at radius 1 is 1.36 bits per heavy atom. The summed E-state index contributed by atoms with van der Waals surface area (Å²) < 4.78 is 25.7. The van der Waals surface area contributed by atoms with Gasteiger partial charge in [-0.15, -0.1) is 10.2 Å². The van der Waals surface area contributed by atoms with E-state index in [1.54, 1.807) is 0 Å². The largest absolute Gasteiger partial charge is 0.296 e. The molecule has 0 aliphatic carbocycles. The molecule has 0 aromatic carbocycles. The van der Waals surface area contributed by atoms with Crippen molar-refractivity contribution in [3.63, 3.8) is 0 Å². The number of nitrogens with zero attached hydrogens (tertiary/aromatic N) is 3. The third-order valence-corrected chi connectivity index (χ3v) is 1.98. The van der Waals surface area contributed by atoms with E-state index in [0.717, 1.165) is 0 Å². The molecule has 0 amide bonds. The highest BCUT2D eigenvalue weighted by Gasteiger charge is 2.24. The van der Waals surface area contributed by atoms with E-state index >= 15 is 0 Å². The third-order valence-electron chi connectivity index (χ3n) is 1.70. The van der Waals surface area contributed by atoms with E-state index < -0.39 is 13.0 Å². The zero-order valence-corrected chi connectivity index (χ0v) is 9.02. The minimum Gasteiger partial charge on any atom is -0.296 e. The molecule has 1 aromatic rings. The number of hydrogen-bond acceptors (Lipinski definition) is 2. The van der Waals surface area contributed by atoms with Crippen LogP contribution in [0.5, 0.6) is 0 Å². The van der Waals surface area contributed by atoms with Gasteiger partial charge in [0.15, 0.2) is 0 Å². The first-order chi connectivity index (χ1) is 6.32. The van der Waals surface area contributed by atoms with Crippen LogP contribution in [0.15, 0.2) is 0 Å². The van der Waals surface area contributed by atoms with Crippen molar-refractivity contribution in [3.8, 4) is 0 Å². The van der Waals surface area contributed by atoms with E-state index in [4.69, 9.17) is 11.6 Å². The molecule has 0 atom stereocenters. The SMILES string of the molecule is CC(C)(C)c1nnc(Cl)n1CC(F)F. The van der Waals surface area contributed by atoms with Gasteiger partial charge in [0.1, 0.15) is 5.82 Å². The number of hydrogen-bond donors (Lipinski definition) is 0. The van der Waals surface area contributed by atoms with E-state index in [-0.39, 0.29) is 10.7 Å². The molecule has 0 aliphatic heterocycles. The first kappa shape index (κ1) is 11.4. The average molecular weight is 224 g/mol. The van der Waals surface area contributed by atoms with Crippen LogP contribution in [-0.2, 0) is 12.0 Å². The van der Waals surface area contributed by atoms with Crippen molar-refractivity contribution in [2.24, 2.45) is 0 Å². The summed E-state index contributed by atoms with van der Waals surface area (Å²) in [5, 5.41) is 7.38. The zero-order chi connectivity index (χ0) is 10.9. The van der Waals surface area contributed by atoms with E-state index in [9.17, 15) is 8.78 Å². The Morgan fingerprint density at radius 3 is 2.36 bits per heavy atom. The van der Waals surface area contributed by atoms with Crippen LogP contribution >= 0.6 is 11.6 Å². The summed E-state index contributed by atoms with van der Waals surface area (Å²) in [5.74, 6) is 0.475. The van der Waals surface area contributed by atoms with Gasteiger partial charge in [-0.2, -0.15) is 0 Å². The molecular weight excluding hydrogens is 212 g/mol. The molecular formula is C8H12ClF2N3. The first-order valence-corrected chi connectivity index (χ1v) is 4.57.